The van der Waals surface area contributed by atoms with Gasteiger partial charge in [0.25, 0.3) is 0 Å². The molecule has 4 nitrogen and oxygen atoms in total. The summed E-state index contributed by atoms with van der Waals surface area (Å²) in [4.78, 5) is 3.90. The lowest BCUT2D eigenvalue weighted by atomic mass is 10.3. The maximum Gasteiger partial charge on any atom is 0.141 e. The van der Waals surface area contributed by atoms with Gasteiger partial charge in [0.1, 0.15) is 11.6 Å². The molecule has 0 saturated heterocycles. The molecule has 1 N–H and O–H groups in total. The molecule has 0 fully saturated rings. The van der Waals surface area contributed by atoms with Crippen LogP contribution in [0.15, 0.2) is 30.6 Å². The summed E-state index contributed by atoms with van der Waals surface area (Å²) in [5, 5.41) is 7.35. The number of nitrogens with zero attached hydrogens (tertiary/aromatic N) is 3. The molecule has 84 valence electrons. The van der Waals surface area contributed by atoms with Crippen LogP contribution in [0.5, 0.6) is 0 Å². The molecule has 2 aromatic heterocycles. The fourth-order valence-electron chi connectivity index (χ4n) is 1.40. The fourth-order valence-corrected chi connectivity index (χ4v) is 1.40. The van der Waals surface area contributed by atoms with Crippen LogP contribution < -0.4 is 5.32 Å². The van der Waals surface area contributed by atoms with Crippen LogP contribution in [0.2, 0.25) is 0 Å². The van der Waals surface area contributed by atoms with E-state index in [1.165, 1.54) is 12.3 Å². The number of nitrogens with one attached hydrogen (secondary N) is 1. The summed E-state index contributed by atoms with van der Waals surface area (Å²) < 4.78 is 14.3. The molecular formula is C11H13FN4. The van der Waals surface area contributed by atoms with Crippen molar-refractivity contribution < 1.29 is 4.39 Å². The Morgan fingerprint density at radius 3 is 2.88 bits per heavy atom. The second kappa shape index (κ2) is 4.74. The highest BCUT2D eigenvalue weighted by Gasteiger charge is 1.97. The van der Waals surface area contributed by atoms with Gasteiger partial charge >= 0.3 is 0 Å². The van der Waals surface area contributed by atoms with Crippen molar-refractivity contribution in [2.45, 2.75) is 6.42 Å². The molecule has 0 aliphatic heterocycles. The Morgan fingerprint density at radius 2 is 2.25 bits per heavy atom. The van der Waals surface area contributed by atoms with Gasteiger partial charge in [-0.25, -0.2) is 9.37 Å². The van der Waals surface area contributed by atoms with Crippen LogP contribution in [0, 0.1) is 5.82 Å². The van der Waals surface area contributed by atoms with Crippen molar-refractivity contribution in [1.82, 2.24) is 14.8 Å². The summed E-state index contributed by atoms with van der Waals surface area (Å²) in [6, 6.07) is 4.98. The van der Waals surface area contributed by atoms with Gasteiger partial charge < -0.3 is 5.32 Å². The molecule has 0 radical (unpaired) electrons. The lowest BCUT2D eigenvalue weighted by molar-refractivity contribution is 0.621. The van der Waals surface area contributed by atoms with Crippen LogP contribution in [0.4, 0.5) is 10.2 Å². The molecule has 0 aliphatic rings. The number of aromatic nitrogens is 3. The first-order valence-corrected chi connectivity index (χ1v) is 5.08. The Labute approximate surface area is 93.1 Å². The van der Waals surface area contributed by atoms with E-state index in [2.05, 4.69) is 15.4 Å². The fraction of sp³-hybridized carbons (Fsp3) is 0.273. The standard InChI is InChI=1S/C11H13FN4/c1-16-7-5-10(15-16)4-6-13-11-3-2-9(12)8-14-11/h2-3,5,7-8H,4,6H2,1H3,(H,13,14). The molecule has 0 aliphatic carbocycles. The Kier molecular flexibility index (Phi) is 3.14. The Bertz CT molecular complexity index is 449. The number of aryl methyl sites for hydroxylation is 1. The van der Waals surface area contributed by atoms with E-state index in [0.717, 1.165) is 18.7 Å². The molecule has 0 unspecified atom stereocenters. The van der Waals surface area contributed by atoms with E-state index >= 15 is 0 Å². The average molecular weight is 220 g/mol. The van der Waals surface area contributed by atoms with Crippen LogP contribution in [-0.4, -0.2) is 21.3 Å². The van der Waals surface area contributed by atoms with E-state index in [1.807, 2.05) is 19.3 Å². The van der Waals surface area contributed by atoms with Crippen LogP contribution in [0.3, 0.4) is 0 Å². The van der Waals surface area contributed by atoms with Gasteiger partial charge in [-0.1, -0.05) is 0 Å². The van der Waals surface area contributed by atoms with E-state index in [-0.39, 0.29) is 5.82 Å². The smallest absolute Gasteiger partial charge is 0.141 e. The van der Waals surface area contributed by atoms with Gasteiger partial charge in [-0.05, 0) is 18.2 Å². The summed E-state index contributed by atoms with van der Waals surface area (Å²) in [6.07, 6.45) is 3.93. The first-order valence-electron chi connectivity index (χ1n) is 5.08. The molecule has 0 spiro atoms. The summed E-state index contributed by atoms with van der Waals surface area (Å²) in [7, 11) is 1.89. The minimum atomic E-state index is -0.324. The van der Waals surface area contributed by atoms with Crippen LogP contribution in [-0.2, 0) is 13.5 Å². The number of rotatable bonds is 4. The molecule has 5 heteroatoms. The zero-order chi connectivity index (χ0) is 11.4. The third-order valence-corrected chi connectivity index (χ3v) is 2.18. The van der Waals surface area contributed by atoms with Crippen molar-refractivity contribution in [1.29, 1.82) is 0 Å². The van der Waals surface area contributed by atoms with Gasteiger partial charge in [0.2, 0.25) is 0 Å². The third-order valence-electron chi connectivity index (χ3n) is 2.18. The summed E-state index contributed by atoms with van der Waals surface area (Å²) in [5.41, 5.74) is 1.03. The van der Waals surface area contributed by atoms with E-state index in [1.54, 1.807) is 10.7 Å². The summed E-state index contributed by atoms with van der Waals surface area (Å²) >= 11 is 0. The quantitative estimate of drug-likeness (QED) is 0.851. The minimum Gasteiger partial charge on any atom is -0.370 e. The number of hydrogen-bond acceptors (Lipinski definition) is 3. The van der Waals surface area contributed by atoms with Gasteiger partial charge in [-0.2, -0.15) is 5.10 Å². The molecule has 0 bridgehead atoms. The van der Waals surface area contributed by atoms with Crippen molar-refractivity contribution in [3.05, 3.63) is 42.1 Å². The molecule has 16 heavy (non-hydrogen) atoms. The first-order chi connectivity index (χ1) is 7.74. The maximum atomic E-state index is 12.6. The third kappa shape index (κ3) is 2.79. The minimum absolute atomic E-state index is 0.324. The molecule has 2 heterocycles. The molecule has 0 amide bonds. The number of halogens is 1. The second-order valence-electron chi connectivity index (χ2n) is 3.52. The highest BCUT2D eigenvalue weighted by atomic mass is 19.1. The predicted molar refractivity (Wildman–Crippen MR) is 59.6 cm³/mol. The lowest BCUT2D eigenvalue weighted by Gasteiger charge is -2.03. The summed E-state index contributed by atoms with van der Waals surface area (Å²) in [6.45, 7) is 0.732. The highest BCUT2D eigenvalue weighted by molar-refractivity contribution is 5.33. The van der Waals surface area contributed by atoms with Gasteiger partial charge in [-0.3, -0.25) is 4.68 Å². The molecule has 0 saturated carbocycles. The van der Waals surface area contributed by atoms with Crippen molar-refractivity contribution in [3.8, 4) is 0 Å². The van der Waals surface area contributed by atoms with Gasteiger partial charge in [-0.15, -0.1) is 0 Å². The molecule has 2 rings (SSSR count). The zero-order valence-electron chi connectivity index (χ0n) is 9.02. The van der Waals surface area contributed by atoms with E-state index < -0.39 is 0 Å². The SMILES string of the molecule is Cn1ccc(CCNc2ccc(F)cn2)n1. The molecular weight excluding hydrogens is 207 g/mol. The van der Waals surface area contributed by atoms with Crippen molar-refractivity contribution in [2.24, 2.45) is 7.05 Å². The number of anilines is 1. The van der Waals surface area contributed by atoms with E-state index in [9.17, 15) is 4.39 Å². The number of hydrogen-bond donors (Lipinski definition) is 1. The van der Waals surface area contributed by atoms with Crippen LogP contribution >= 0.6 is 0 Å². The van der Waals surface area contributed by atoms with E-state index in [0.29, 0.717) is 5.82 Å². The molecule has 0 atom stereocenters. The Balaban J connectivity index is 1.82. The second-order valence-corrected chi connectivity index (χ2v) is 3.52. The summed E-state index contributed by atoms with van der Waals surface area (Å²) in [5.74, 6) is 0.354. The topological polar surface area (TPSA) is 42.7 Å². The first kappa shape index (κ1) is 10.6. The van der Waals surface area contributed by atoms with Gasteiger partial charge in [0.15, 0.2) is 0 Å². The van der Waals surface area contributed by atoms with Crippen molar-refractivity contribution >= 4 is 5.82 Å². The zero-order valence-corrected chi connectivity index (χ0v) is 9.02. The van der Waals surface area contributed by atoms with Gasteiger partial charge in [0, 0.05) is 26.2 Å². The van der Waals surface area contributed by atoms with Crippen LogP contribution in [0.25, 0.3) is 0 Å². The number of pyridine rings is 1. The van der Waals surface area contributed by atoms with Crippen LogP contribution in [0.1, 0.15) is 5.69 Å². The normalized spacial score (nSPS) is 10.4. The molecule has 2 aromatic rings. The van der Waals surface area contributed by atoms with Crippen molar-refractivity contribution in [2.75, 3.05) is 11.9 Å². The predicted octanol–water partition coefficient (Wildman–Crippen LogP) is 1.61. The average Bonchev–Trinajstić information content (AvgIpc) is 2.67. The maximum absolute atomic E-state index is 12.6. The largest absolute Gasteiger partial charge is 0.370 e. The highest BCUT2D eigenvalue weighted by Crippen LogP contribution is 2.03. The Hall–Kier alpha value is -1.91. The van der Waals surface area contributed by atoms with E-state index in [4.69, 9.17) is 0 Å². The Morgan fingerprint density at radius 1 is 1.38 bits per heavy atom. The van der Waals surface area contributed by atoms with Gasteiger partial charge in [0.05, 0.1) is 11.9 Å². The monoisotopic (exact) mass is 220 g/mol. The molecule has 0 aromatic carbocycles. The lowest BCUT2D eigenvalue weighted by Crippen LogP contribution is -2.06. The van der Waals surface area contributed by atoms with Crippen molar-refractivity contribution in [3.63, 3.8) is 0 Å².